The third kappa shape index (κ3) is 5.71. The standard InChI is InChI=1S/C14H29N3O/c1-5-6-10-17(11-12-8-7-9-15-12)13(18)16-14(2,3)4/h12,15H,5-11H2,1-4H3,(H,16,18). The van der Waals surface area contributed by atoms with Crippen molar-refractivity contribution in [2.24, 2.45) is 0 Å². The molecule has 0 aromatic heterocycles. The van der Waals surface area contributed by atoms with Crippen molar-refractivity contribution in [3.63, 3.8) is 0 Å². The lowest BCUT2D eigenvalue weighted by molar-refractivity contribution is 0.182. The van der Waals surface area contributed by atoms with Crippen molar-refractivity contribution < 1.29 is 4.79 Å². The van der Waals surface area contributed by atoms with Crippen molar-refractivity contribution in [2.75, 3.05) is 19.6 Å². The number of hydrogen-bond acceptors (Lipinski definition) is 2. The van der Waals surface area contributed by atoms with E-state index < -0.39 is 0 Å². The summed E-state index contributed by atoms with van der Waals surface area (Å²) >= 11 is 0. The molecule has 1 atom stereocenters. The number of urea groups is 1. The summed E-state index contributed by atoms with van der Waals surface area (Å²) in [5.74, 6) is 0. The van der Waals surface area contributed by atoms with E-state index in [2.05, 4.69) is 17.6 Å². The number of carbonyl (C=O) groups excluding carboxylic acids is 1. The maximum Gasteiger partial charge on any atom is 0.317 e. The van der Waals surface area contributed by atoms with Gasteiger partial charge in [-0.05, 0) is 46.6 Å². The number of nitrogens with zero attached hydrogens (tertiary/aromatic N) is 1. The molecule has 4 nitrogen and oxygen atoms in total. The lowest BCUT2D eigenvalue weighted by Crippen LogP contribution is -2.51. The van der Waals surface area contributed by atoms with Crippen molar-refractivity contribution in [3.05, 3.63) is 0 Å². The van der Waals surface area contributed by atoms with Gasteiger partial charge < -0.3 is 15.5 Å². The maximum atomic E-state index is 12.2. The molecular formula is C14H29N3O. The Morgan fingerprint density at radius 1 is 1.44 bits per heavy atom. The number of unbranched alkanes of at least 4 members (excludes halogenated alkanes) is 1. The van der Waals surface area contributed by atoms with Gasteiger partial charge in [-0.2, -0.15) is 0 Å². The van der Waals surface area contributed by atoms with Crippen LogP contribution in [0, 0.1) is 0 Å². The molecule has 0 aromatic rings. The Morgan fingerprint density at radius 2 is 2.17 bits per heavy atom. The summed E-state index contributed by atoms with van der Waals surface area (Å²) in [5, 5.41) is 6.52. The first-order valence-electron chi connectivity index (χ1n) is 7.23. The Balaban J connectivity index is 2.50. The molecule has 0 aliphatic carbocycles. The van der Waals surface area contributed by atoms with Crippen LogP contribution in [0.15, 0.2) is 0 Å². The topological polar surface area (TPSA) is 44.4 Å². The van der Waals surface area contributed by atoms with E-state index in [-0.39, 0.29) is 11.6 Å². The van der Waals surface area contributed by atoms with E-state index in [0.717, 1.165) is 32.5 Å². The minimum atomic E-state index is -0.162. The first-order chi connectivity index (χ1) is 8.42. The largest absolute Gasteiger partial charge is 0.333 e. The molecule has 1 unspecified atom stereocenters. The van der Waals surface area contributed by atoms with Crippen LogP contribution in [-0.2, 0) is 0 Å². The SMILES string of the molecule is CCCCN(CC1CCCN1)C(=O)NC(C)(C)C. The average Bonchev–Trinajstić information content (AvgIpc) is 2.74. The van der Waals surface area contributed by atoms with Crippen molar-refractivity contribution in [1.29, 1.82) is 0 Å². The number of rotatable bonds is 5. The summed E-state index contributed by atoms with van der Waals surface area (Å²) in [4.78, 5) is 14.2. The zero-order valence-corrected chi connectivity index (χ0v) is 12.4. The summed E-state index contributed by atoms with van der Waals surface area (Å²) in [6.45, 7) is 11.0. The fourth-order valence-electron chi connectivity index (χ4n) is 2.20. The van der Waals surface area contributed by atoms with E-state index in [1.165, 1.54) is 12.8 Å². The van der Waals surface area contributed by atoms with Gasteiger partial charge in [0.05, 0.1) is 0 Å². The van der Waals surface area contributed by atoms with Crippen molar-refractivity contribution in [3.8, 4) is 0 Å². The zero-order valence-electron chi connectivity index (χ0n) is 12.4. The molecule has 1 aliphatic rings. The second-order valence-electron chi connectivity index (χ2n) is 6.27. The Hall–Kier alpha value is -0.770. The molecule has 0 bridgehead atoms. The molecule has 1 heterocycles. The normalized spacial score (nSPS) is 19.9. The zero-order chi connectivity index (χ0) is 13.6. The summed E-state index contributed by atoms with van der Waals surface area (Å²) in [7, 11) is 0. The summed E-state index contributed by atoms with van der Waals surface area (Å²) < 4.78 is 0. The number of nitrogens with one attached hydrogen (secondary N) is 2. The van der Waals surface area contributed by atoms with Crippen molar-refractivity contribution >= 4 is 6.03 Å². The van der Waals surface area contributed by atoms with E-state index in [4.69, 9.17) is 0 Å². The van der Waals surface area contributed by atoms with E-state index in [9.17, 15) is 4.79 Å². The van der Waals surface area contributed by atoms with Crippen LogP contribution in [0.2, 0.25) is 0 Å². The summed E-state index contributed by atoms with van der Waals surface area (Å²) in [6, 6.07) is 0.553. The van der Waals surface area contributed by atoms with Crippen molar-refractivity contribution in [2.45, 2.75) is 65.0 Å². The van der Waals surface area contributed by atoms with Crippen molar-refractivity contribution in [1.82, 2.24) is 15.5 Å². The van der Waals surface area contributed by atoms with Gasteiger partial charge in [-0.15, -0.1) is 0 Å². The van der Waals surface area contributed by atoms with Crippen LogP contribution >= 0.6 is 0 Å². The van der Waals surface area contributed by atoms with Gasteiger partial charge in [0.1, 0.15) is 0 Å². The highest BCUT2D eigenvalue weighted by atomic mass is 16.2. The first-order valence-corrected chi connectivity index (χ1v) is 7.23. The van der Waals surface area contributed by atoms with Crippen LogP contribution in [-0.4, -0.2) is 42.1 Å². The van der Waals surface area contributed by atoms with Gasteiger partial charge in [-0.1, -0.05) is 13.3 Å². The Labute approximate surface area is 111 Å². The van der Waals surface area contributed by atoms with Crippen LogP contribution in [0.25, 0.3) is 0 Å². The highest BCUT2D eigenvalue weighted by Crippen LogP contribution is 2.09. The van der Waals surface area contributed by atoms with Gasteiger partial charge in [0.25, 0.3) is 0 Å². The molecule has 1 rings (SSSR count). The molecule has 0 aromatic carbocycles. The van der Waals surface area contributed by atoms with E-state index >= 15 is 0 Å². The Kier molecular flexibility index (Phi) is 5.93. The first kappa shape index (κ1) is 15.3. The van der Waals surface area contributed by atoms with Crippen LogP contribution < -0.4 is 10.6 Å². The van der Waals surface area contributed by atoms with Crippen LogP contribution in [0.4, 0.5) is 4.79 Å². The molecule has 1 saturated heterocycles. The van der Waals surface area contributed by atoms with Gasteiger partial charge in [0.15, 0.2) is 0 Å². The molecular weight excluding hydrogens is 226 g/mol. The molecule has 106 valence electrons. The minimum Gasteiger partial charge on any atom is -0.333 e. The van der Waals surface area contributed by atoms with Gasteiger partial charge in [0.2, 0.25) is 0 Å². The van der Waals surface area contributed by atoms with Gasteiger partial charge in [-0.3, -0.25) is 0 Å². The van der Waals surface area contributed by atoms with Crippen LogP contribution in [0.5, 0.6) is 0 Å². The predicted octanol–water partition coefficient (Wildman–Crippen LogP) is 2.35. The van der Waals surface area contributed by atoms with Gasteiger partial charge >= 0.3 is 6.03 Å². The Bertz CT molecular complexity index is 254. The third-order valence-electron chi connectivity index (χ3n) is 3.15. The molecule has 0 spiro atoms. The summed E-state index contributed by atoms with van der Waals surface area (Å²) in [6.07, 6.45) is 4.61. The predicted molar refractivity (Wildman–Crippen MR) is 75.8 cm³/mol. The highest BCUT2D eigenvalue weighted by molar-refractivity contribution is 5.75. The highest BCUT2D eigenvalue weighted by Gasteiger charge is 2.23. The van der Waals surface area contributed by atoms with Gasteiger partial charge in [-0.25, -0.2) is 4.79 Å². The van der Waals surface area contributed by atoms with Gasteiger partial charge in [0, 0.05) is 24.7 Å². The van der Waals surface area contributed by atoms with E-state index in [0.29, 0.717) is 6.04 Å². The lowest BCUT2D eigenvalue weighted by atomic mass is 10.1. The molecule has 0 saturated carbocycles. The molecule has 4 heteroatoms. The van der Waals surface area contributed by atoms with Crippen LogP contribution in [0.1, 0.15) is 53.4 Å². The van der Waals surface area contributed by atoms with E-state index in [1.54, 1.807) is 0 Å². The Morgan fingerprint density at radius 3 is 2.67 bits per heavy atom. The molecule has 18 heavy (non-hydrogen) atoms. The number of carbonyl (C=O) groups is 1. The quantitative estimate of drug-likeness (QED) is 0.792. The molecule has 0 radical (unpaired) electrons. The average molecular weight is 255 g/mol. The second kappa shape index (κ2) is 6.98. The third-order valence-corrected chi connectivity index (χ3v) is 3.15. The fourth-order valence-corrected chi connectivity index (χ4v) is 2.20. The minimum absolute atomic E-state index is 0.0738. The lowest BCUT2D eigenvalue weighted by Gasteiger charge is -2.30. The number of hydrogen-bond donors (Lipinski definition) is 2. The second-order valence-corrected chi connectivity index (χ2v) is 6.27. The fraction of sp³-hybridized carbons (Fsp3) is 0.929. The monoisotopic (exact) mass is 255 g/mol. The number of amides is 2. The summed E-state index contributed by atoms with van der Waals surface area (Å²) in [5.41, 5.74) is -0.162. The molecule has 2 amide bonds. The van der Waals surface area contributed by atoms with Crippen LogP contribution in [0.3, 0.4) is 0 Å². The maximum absolute atomic E-state index is 12.2. The molecule has 1 fully saturated rings. The van der Waals surface area contributed by atoms with E-state index in [1.807, 2.05) is 25.7 Å². The smallest absolute Gasteiger partial charge is 0.317 e. The molecule has 1 aliphatic heterocycles. The molecule has 2 N–H and O–H groups in total.